The van der Waals surface area contributed by atoms with Crippen LogP contribution in [0.4, 0.5) is 25.0 Å². The third-order valence-corrected chi connectivity index (χ3v) is 5.14. The monoisotopic (exact) mass is 411 g/mol. The number of amides is 2. The van der Waals surface area contributed by atoms with Crippen molar-refractivity contribution in [3.63, 3.8) is 0 Å². The van der Waals surface area contributed by atoms with E-state index in [0.29, 0.717) is 24.3 Å². The summed E-state index contributed by atoms with van der Waals surface area (Å²) in [6.45, 7) is 6.82. The highest BCUT2D eigenvalue weighted by Gasteiger charge is 2.35. The number of likely N-dealkylation sites (N-methyl/N-ethyl adjacent to an activating group) is 1. The van der Waals surface area contributed by atoms with Crippen molar-refractivity contribution in [1.29, 1.82) is 0 Å². The van der Waals surface area contributed by atoms with Crippen LogP contribution in [0, 0.1) is 0 Å². The molecule has 162 valence electrons. The Labute approximate surface area is 171 Å². The van der Waals surface area contributed by atoms with E-state index in [4.69, 9.17) is 4.74 Å². The normalized spacial score (nSPS) is 17.7. The van der Waals surface area contributed by atoms with Crippen LogP contribution in [0.1, 0.15) is 52.5 Å². The third-order valence-electron chi connectivity index (χ3n) is 5.14. The molecule has 1 aromatic rings. The second-order valence-corrected chi connectivity index (χ2v) is 7.85. The standard InChI is InChI=1S/C21H31F2N3O3/c1-7-16(12-24(6)20(22)23)17-8-9-18-19(10-17)25(21(28)29-13(2)3)11-14(4)26(18)15(5)27/h8-10,13-14,16,20H,7,11-12H2,1-6H3/t14-,16?/m0/s1. The number of ether oxygens (including phenoxy) is 1. The lowest BCUT2D eigenvalue weighted by Crippen LogP contribution is -2.51. The fourth-order valence-corrected chi connectivity index (χ4v) is 3.71. The van der Waals surface area contributed by atoms with Crippen LogP contribution >= 0.6 is 0 Å². The molecule has 0 radical (unpaired) electrons. The van der Waals surface area contributed by atoms with Crippen molar-refractivity contribution >= 4 is 23.4 Å². The fraction of sp³-hybridized carbons (Fsp3) is 0.619. The molecule has 0 N–H and O–H groups in total. The molecule has 0 fully saturated rings. The van der Waals surface area contributed by atoms with E-state index in [-0.39, 0.29) is 30.5 Å². The van der Waals surface area contributed by atoms with E-state index >= 15 is 0 Å². The second-order valence-electron chi connectivity index (χ2n) is 7.85. The highest BCUT2D eigenvalue weighted by atomic mass is 19.3. The summed E-state index contributed by atoms with van der Waals surface area (Å²) in [7, 11) is 1.39. The van der Waals surface area contributed by atoms with Gasteiger partial charge in [0.05, 0.1) is 23.5 Å². The van der Waals surface area contributed by atoms with Gasteiger partial charge in [-0.2, -0.15) is 8.78 Å². The Kier molecular flexibility index (Phi) is 7.57. The van der Waals surface area contributed by atoms with Gasteiger partial charge in [0.2, 0.25) is 5.91 Å². The number of rotatable bonds is 6. The summed E-state index contributed by atoms with van der Waals surface area (Å²) in [6.07, 6.45) is -0.0939. The number of hydrogen-bond acceptors (Lipinski definition) is 4. The third kappa shape index (κ3) is 5.23. The summed E-state index contributed by atoms with van der Waals surface area (Å²) in [4.78, 5) is 29.1. The van der Waals surface area contributed by atoms with E-state index in [2.05, 4.69) is 0 Å². The molecule has 2 atom stereocenters. The van der Waals surface area contributed by atoms with E-state index in [1.165, 1.54) is 18.9 Å². The van der Waals surface area contributed by atoms with Gasteiger partial charge in [0.15, 0.2) is 0 Å². The van der Waals surface area contributed by atoms with Gasteiger partial charge in [-0.15, -0.1) is 0 Å². The highest BCUT2D eigenvalue weighted by Crippen LogP contribution is 2.39. The number of anilines is 2. The lowest BCUT2D eigenvalue weighted by atomic mass is 9.93. The van der Waals surface area contributed by atoms with Crippen LogP contribution in [0.2, 0.25) is 0 Å². The van der Waals surface area contributed by atoms with Crippen LogP contribution in [0.5, 0.6) is 0 Å². The summed E-state index contributed by atoms with van der Waals surface area (Å²) < 4.78 is 31.4. The number of carbonyl (C=O) groups is 2. The van der Waals surface area contributed by atoms with E-state index in [9.17, 15) is 18.4 Å². The first-order chi connectivity index (χ1) is 13.6. The van der Waals surface area contributed by atoms with E-state index in [1.54, 1.807) is 24.8 Å². The Hall–Kier alpha value is -2.22. The lowest BCUT2D eigenvalue weighted by molar-refractivity contribution is -0.117. The number of benzene rings is 1. The van der Waals surface area contributed by atoms with Crippen LogP contribution in [0.15, 0.2) is 18.2 Å². The molecule has 2 rings (SSSR count). The van der Waals surface area contributed by atoms with Crippen molar-refractivity contribution < 1.29 is 23.1 Å². The fourth-order valence-electron chi connectivity index (χ4n) is 3.71. The topological polar surface area (TPSA) is 53.1 Å². The first-order valence-electron chi connectivity index (χ1n) is 9.97. The Morgan fingerprint density at radius 3 is 2.45 bits per heavy atom. The van der Waals surface area contributed by atoms with Gasteiger partial charge in [-0.1, -0.05) is 13.0 Å². The molecule has 1 aliphatic heterocycles. The number of nitrogens with zero attached hydrogens (tertiary/aromatic N) is 3. The van der Waals surface area contributed by atoms with Gasteiger partial charge in [0, 0.05) is 20.0 Å². The number of halogens is 2. The Balaban J connectivity index is 2.48. The minimum absolute atomic E-state index is 0.118. The molecule has 2 amide bonds. The number of carbonyl (C=O) groups excluding carboxylic acids is 2. The van der Waals surface area contributed by atoms with Crippen LogP contribution < -0.4 is 9.80 Å². The van der Waals surface area contributed by atoms with Crippen molar-refractivity contribution in [3.05, 3.63) is 23.8 Å². The van der Waals surface area contributed by atoms with Crippen molar-refractivity contribution in [2.24, 2.45) is 0 Å². The molecular weight excluding hydrogens is 380 g/mol. The van der Waals surface area contributed by atoms with Crippen LogP contribution in [0.3, 0.4) is 0 Å². The molecule has 0 aromatic heterocycles. The molecule has 1 unspecified atom stereocenters. The highest BCUT2D eigenvalue weighted by molar-refractivity contribution is 6.02. The molecule has 0 spiro atoms. The number of alkyl halides is 2. The van der Waals surface area contributed by atoms with Gasteiger partial charge < -0.3 is 9.64 Å². The average molecular weight is 411 g/mol. The summed E-state index contributed by atoms with van der Waals surface area (Å²) in [5.41, 5.74) is 2.04. The maximum Gasteiger partial charge on any atom is 0.414 e. The second kappa shape index (κ2) is 9.52. The molecule has 0 saturated heterocycles. The predicted octanol–water partition coefficient (Wildman–Crippen LogP) is 4.44. The van der Waals surface area contributed by atoms with Gasteiger partial charge in [-0.05, 0) is 57.9 Å². The SMILES string of the molecule is CCC(CN(C)C(F)F)c1ccc2c(c1)N(C(=O)OC(C)C)C[C@H](C)N2C(C)=O. The van der Waals surface area contributed by atoms with Gasteiger partial charge in [0.1, 0.15) is 0 Å². The molecular formula is C21H31F2N3O3. The van der Waals surface area contributed by atoms with Gasteiger partial charge in [-0.25, -0.2) is 9.69 Å². The molecule has 6 nitrogen and oxygen atoms in total. The van der Waals surface area contributed by atoms with Crippen molar-refractivity contribution in [1.82, 2.24) is 4.90 Å². The van der Waals surface area contributed by atoms with Gasteiger partial charge >= 0.3 is 6.09 Å². The maximum atomic E-state index is 13.0. The van der Waals surface area contributed by atoms with Crippen LogP contribution in [-0.4, -0.2) is 55.7 Å². The summed E-state index contributed by atoms with van der Waals surface area (Å²) in [5, 5.41) is 0. The van der Waals surface area contributed by atoms with Crippen molar-refractivity contribution in [3.8, 4) is 0 Å². The zero-order chi connectivity index (χ0) is 21.9. The van der Waals surface area contributed by atoms with Gasteiger partial charge in [-0.3, -0.25) is 9.69 Å². The Bertz CT molecular complexity index is 742. The molecule has 1 aromatic carbocycles. The quantitative estimate of drug-likeness (QED) is 0.650. The molecule has 1 aliphatic rings. The first kappa shape index (κ1) is 23.1. The summed E-state index contributed by atoms with van der Waals surface area (Å²) >= 11 is 0. The maximum absolute atomic E-state index is 13.0. The van der Waals surface area contributed by atoms with Crippen LogP contribution in [-0.2, 0) is 9.53 Å². The lowest BCUT2D eigenvalue weighted by Gasteiger charge is -2.41. The molecule has 1 heterocycles. The number of fused-ring (bicyclic) bond motifs is 1. The minimum Gasteiger partial charge on any atom is -0.446 e. The summed E-state index contributed by atoms with van der Waals surface area (Å²) in [5.74, 6) is -0.250. The summed E-state index contributed by atoms with van der Waals surface area (Å²) in [6, 6.07) is 5.26. The van der Waals surface area contributed by atoms with E-state index in [0.717, 1.165) is 10.5 Å². The predicted molar refractivity (Wildman–Crippen MR) is 110 cm³/mol. The van der Waals surface area contributed by atoms with E-state index in [1.807, 2.05) is 26.0 Å². The Morgan fingerprint density at radius 1 is 1.28 bits per heavy atom. The largest absolute Gasteiger partial charge is 0.446 e. The van der Waals surface area contributed by atoms with E-state index < -0.39 is 12.6 Å². The molecule has 8 heteroatoms. The number of hydrogen-bond donors (Lipinski definition) is 0. The van der Waals surface area contributed by atoms with Crippen LogP contribution in [0.25, 0.3) is 0 Å². The first-order valence-corrected chi connectivity index (χ1v) is 9.97. The zero-order valence-electron chi connectivity index (χ0n) is 18.0. The van der Waals surface area contributed by atoms with Gasteiger partial charge in [0.25, 0.3) is 6.55 Å². The zero-order valence-corrected chi connectivity index (χ0v) is 18.0. The van der Waals surface area contributed by atoms with Crippen molar-refractivity contribution in [2.45, 2.75) is 65.7 Å². The molecule has 0 saturated carbocycles. The average Bonchev–Trinajstić information content (AvgIpc) is 2.63. The molecule has 0 aliphatic carbocycles. The van der Waals surface area contributed by atoms with Crippen molar-refractivity contribution in [2.75, 3.05) is 29.9 Å². The smallest absolute Gasteiger partial charge is 0.414 e. The minimum atomic E-state index is -2.53. The molecule has 0 bridgehead atoms. The Morgan fingerprint density at radius 2 is 1.93 bits per heavy atom. The molecule has 29 heavy (non-hydrogen) atoms.